The normalized spacial score (nSPS) is 9.25. The van der Waals surface area contributed by atoms with Crippen molar-refractivity contribution in [2.45, 2.75) is 12.8 Å². The molecule has 0 aliphatic rings. The Bertz CT molecular complexity index is 78.9. The minimum Gasteiger partial charge on any atom is -0.309 e. The summed E-state index contributed by atoms with van der Waals surface area (Å²) in [5, 5.41) is 0. The van der Waals surface area contributed by atoms with Crippen molar-refractivity contribution >= 4 is 0 Å². The van der Waals surface area contributed by atoms with Crippen LogP contribution < -0.4 is 0 Å². The monoisotopic (exact) mass is 110 g/mol. The van der Waals surface area contributed by atoms with Crippen LogP contribution >= 0.6 is 0 Å². The van der Waals surface area contributed by atoms with Gasteiger partial charge >= 0.3 is 0 Å². The number of hydrogen-bond acceptors (Lipinski definition) is 1. The average Bonchev–Trinajstić information content (AvgIpc) is 1.66. The highest BCUT2D eigenvalue weighted by atomic mass is 15.0. The third-order valence-electron chi connectivity index (χ3n) is 0.907. The summed E-state index contributed by atoms with van der Waals surface area (Å²) in [5.41, 5.74) is 0. The molecule has 0 atom stereocenters. The van der Waals surface area contributed by atoms with E-state index in [1.807, 2.05) is 14.1 Å². The van der Waals surface area contributed by atoms with E-state index in [4.69, 9.17) is 6.42 Å². The minimum atomic E-state index is 0.790. The van der Waals surface area contributed by atoms with Gasteiger partial charge in [-0.15, -0.1) is 0 Å². The van der Waals surface area contributed by atoms with Gasteiger partial charge in [0, 0.05) is 6.42 Å². The maximum atomic E-state index is 6.58. The summed E-state index contributed by atoms with van der Waals surface area (Å²) < 4.78 is 0. The summed E-state index contributed by atoms with van der Waals surface area (Å²) in [6, 6.07) is 0. The first-order valence-electron chi connectivity index (χ1n) is 2.81. The Balaban J connectivity index is 2.85. The second-order valence-corrected chi connectivity index (χ2v) is 2.08. The predicted molar refractivity (Wildman–Crippen MR) is 34.9 cm³/mol. The first-order valence-corrected chi connectivity index (χ1v) is 2.81. The molecule has 1 nitrogen and oxygen atoms in total. The Morgan fingerprint density at radius 3 is 2.50 bits per heavy atom. The van der Waals surface area contributed by atoms with Crippen molar-refractivity contribution in [2.24, 2.45) is 0 Å². The van der Waals surface area contributed by atoms with Gasteiger partial charge in [0.15, 0.2) is 0 Å². The van der Waals surface area contributed by atoms with Gasteiger partial charge in [0.2, 0.25) is 0 Å². The standard InChI is InChI=1S/C7H12N/c1-4-5-6-7-8(2)3/h5-7H2,2-3H3. The fourth-order valence-corrected chi connectivity index (χ4v) is 0.484. The van der Waals surface area contributed by atoms with Gasteiger partial charge in [-0.1, -0.05) is 5.92 Å². The van der Waals surface area contributed by atoms with E-state index in [2.05, 4.69) is 10.8 Å². The fourth-order valence-electron chi connectivity index (χ4n) is 0.484. The maximum absolute atomic E-state index is 6.58. The Hall–Kier alpha value is -0.480. The first-order chi connectivity index (χ1) is 3.77. The molecule has 0 N–H and O–H groups in total. The average molecular weight is 110 g/mol. The molecule has 0 saturated heterocycles. The van der Waals surface area contributed by atoms with E-state index in [0.717, 1.165) is 19.4 Å². The highest BCUT2D eigenvalue weighted by Crippen LogP contribution is 1.86. The van der Waals surface area contributed by atoms with E-state index in [1.54, 1.807) is 0 Å². The van der Waals surface area contributed by atoms with Crippen LogP contribution in [0, 0.1) is 12.3 Å². The predicted octanol–water partition coefficient (Wildman–Crippen LogP) is 0.918. The molecule has 0 spiro atoms. The summed E-state index contributed by atoms with van der Waals surface area (Å²) in [6.07, 6.45) is 8.42. The van der Waals surface area contributed by atoms with Crippen LogP contribution in [-0.4, -0.2) is 25.5 Å². The van der Waals surface area contributed by atoms with E-state index in [1.165, 1.54) is 0 Å². The molecular formula is C7H12N. The lowest BCUT2D eigenvalue weighted by Gasteiger charge is -2.05. The Morgan fingerprint density at radius 1 is 1.50 bits per heavy atom. The molecule has 0 rings (SSSR count). The van der Waals surface area contributed by atoms with Crippen LogP contribution in [0.25, 0.3) is 0 Å². The third-order valence-corrected chi connectivity index (χ3v) is 0.907. The van der Waals surface area contributed by atoms with Crippen LogP contribution in [0.15, 0.2) is 0 Å². The quantitative estimate of drug-likeness (QED) is 0.385. The molecule has 8 heavy (non-hydrogen) atoms. The lowest BCUT2D eigenvalue weighted by atomic mass is 10.3. The zero-order valence-corrected chi connectivity index (χ0v) is 5.57. The van der Waals surface area contributed by atoms with E-state index >= 15 is 0 Å². The van der Waals surface area contributed by atoms with Crippen LogP contribution in [0.1, 0.15) is 12.8 Å². The molecule has 0 aliphatic carbocycles. The maximum Gasteiger partial charge on any atom is 0.0111 e. The molecule has 0 saturated carbocycles. The lowest BCUT2D eigenvalue weighted by molar-refractivity contribution is 0.403. The van der Waals surface area contributed by atoms with Gasteiger partial charge in [0.25, 0.3) is 0 Å². The molecule has 0 fully saturated rings. The van der Waals surface area contributed by atoms with Crippen LogP contribution in [0.4, 0.5) is 0 Å². The number of unbranched alkanes of at least 4 members (excludes halogenated alkanes) is 1. The largest absolute Gasteiger partial charge is 0.309 e. The van der Waals surface area contributed by atoms with Crippen molar-refractivity contribution in [3.8, 4) is 5.92 Å². The van der Waals surface area contributed by atoms with Crippen molar-refractivity contribution < 1.29 is 0 Å². The van der Waals surface area contributed by atoms with Crippen LogP contribution in [-0.2, 0) is 0 Å². The number of rotatable bonds is 3. The van der Waals surface area contributed by atoms with Gasteiger partial charge in [0.1, 0.15) is 0 Å². The molecular weight excluding hydrogens is 98.1 g/mol. The zero-order chi connectivity index (χ0) is 6.41. The molecule has 0 heterocycles. The van der Waals surface area contributed by atoms with E-state index in [-0.39, 0.29) is 0 Å². The summed E-state index contributed by atoms with van der Waals surface area (Å²) in [4.78, 5) is 2.11. The highest BCUT2D eigenvalue weighted by molar-refractivity contribution is 4.74. The van der Waals surface area contributed by atoms with Crippen LogP contribution in [0.2, 0.25) is 0 Å². The third kappa shape index (κ3) is 5.52. The van der Waals surface area contributed by atoms with E-state index in [9.17, 15) is 0 Å². The van der Waals surface area contributed by atoms with Crippen molar-refractivity contribution in [3.63, 3.8) is 0 Å². The van der Waals surface area contributed by atoms with Crippen molar-refractivity contribution in [3.05, 3.63) is 6.42 Å². The molecule has 0 aromatic rings. The summed E-state index contributed by atoms with van der Waals surface area (Å²) in [5.74, 6) is 2.35. The topological polar surface area (TPSA) is 3.24 Å². The van der Waals surface area contributed by atoms with Crippen LogP contribution in [0.3, 0.4) is 0 Å². The molecule has 0 aromatic heterocycles. The SMILES string of the molecule is [C]#CCCCN(C)C. The first kappa shape index (κ1) is 7.52. The molecule has 1 radical (unpaired) electrons. The second-order valence-electron chi connectivity index (χ2n) is 2.08. The number of hydrogen-bond donors (Lipinski definition) is 0. The second kappa shape index (κ2) is 4.67. The molecule has 0 aliphatic heterocycles. The van der Waals surface area contributed by atoms with Gasteiger partial charge < -0.3 is 4.90 Å². The Kier molecular flexibility index (Phi) is 4.39. The van der Waals surface area contributed by atoms with Crippen molar-refractivity contribution in [1.82, 2.24) is 4.90 Å². The van der Waals surface area contributed by atoms with Gasteiger partial charge in [-0.25, -0.2) is 0 Å². The van der Waals surface area contributed by atoms with E-state index in [0.29, 0.717) is 0 Å². The van der Waals surface area contributed by atoms with Gasteiger partial charge in [-0.2, -0.15) is 0 Å². The summed E-state index contributed by atoms with van der Waals surface area (Å²) >= 11 is 0. The van der Waals surface area contributed by atoms with Gasteiger partial charge in [-0.3, -0.25) is 0 Å². The van der Waals surface area contributed by atoms with Crippen LogP contribution in [0.5, 0.6) is 0 Å². The molecule has 0 bridgehead atoms. The molecule has 45 valence electrons. The summed E-state index contributed by atoms with van der Waals surface area (Å²) in [7, 11) is 4.06. The van der Waals surface area contributed by atoms with Gasteiger partial charge in [0.05, 0.1) is 0 Å². The van der Waals surface area contributed by atoms with Crippen molar-refractivity contribution in [1.29, 1.82) is 0 Å². The lowest BCUT2D eigenvalue weighted by Crippen LogP contribution is -2.12. The molecule has 0 unspecified atom stereocenters. The fraction of sp³-hybridized carbons (Fsp3) is 0.714. The zero-order valence-electron chi connectivity index (χ0n) is 5.57. The number of nitrogens with zero attached hydrogens (tertiary/aromatic N) is 1. The smallest absolute Gasteiger partial charge is 0.0111 e. The summed E-state index contributed by atoms with van der Waals surface area (Å²) in [6.45, 7) is 1.06. The Labute approximate surface area is 51.7 Å². The molecule has 0 aromatic carbocycles. The highest BCUT2D eigenvalue weighted by Gasteiger charge is 1.85. The van der Waals surface area contributed by atoms with E-state index < -0.39 is 0 Å². The molecule has 0 amide bonds. The Morgan fingerprint density at radius 2 is 2.12 bits per heavy atom. The molecule has 1 heteroatoms. The minimum absolute atomic E-state index is 0.790. The van der Waals surface area contributed by atoms with Gasteiger partial charge in [-0.05, 0) is 33.5 Å². The van der Waals surface area contributed by atoms with Crippen molar-refractivity contribution in [2.75, 3.05) is 20.6 Å².